The molecule has 0 radical (unpaired) electrons. The standard InChI is InChI=1S/C49H58N8O8/c1-25(2)41(54-48(60)62-4)46(58)56-26(3)9-14-38(56)44-50-23-36(52-44)29-10-12-32-31(19-29)24-65-40-22-33-28(20-34(32)40)11-13-35-43(33)53-45(51-35)39-21-30-7-6-8-37(30)57(39)47(59)42(55-49(61)63-5)27-15-17-64-18-16-27/h10-13,19-20,22-23,25-27,30,37-39,41-42H,6-9,14-18,21,24H2,1-5H3,(H,50,52)(H,51,53)(H,54,60)(H,55,61)/t26-,30-,37-,38-,39-,41?,42-/m0/s1. The third-order valence-electron chi connectivity index (χ3n) is 14.8. The lowest BCUT2D eigenvalue weighted by Crippen LogP contribution is -2.55. The summed E-state index contributed by atoms with van der Waals surface area (Å²) >= 11 is 0. The summed E-state index contributed by atoms with van der Waals surface area (Å²) in [4.78, 5) is 74.4. The molecule has 3 saturated heterocycles. The lowest BCUT2D eigenvalue weighted by atomic mass is 9.90. The number of aromatic nitrogens is 4. The Labute approximate surface area is 377 Å². The normalized spacial score (nSPS) is 23.8. The molecule has 2 aromatic heterocycles. The lowest BCUT2D eigenvalue weighted by molar-refractivity contribution is -0.139. The number of aromatic amines is 2. The Morgan fingerprint density at radius 2 is 1.63 bits per heavy atom. The highest BCUT2D eigenvalue weighted by molar-refractivity contribution is 6.07. The average Bonchev–Trinajstić information content (AvgIpc) is 4.18. The molecule has 6 heterocycles. The predicted octanol–water partition coefficient (Wildman–Crippen LogP) is 7.69. The maximum absolute atomic E-state index is 14.7. The van der Waals surface area contributed by atoms with Crippen molar-refractivity contribution in [3.63, 3.8) is 0 Å². The summed E-state index contributed by atoms with van der Waals surface area (Å²) in [6.07, 6.45) is 7.43. The molecular formula is C49H58N8O8. The molecule has 4 aliphatic heterocycles. The van der Waals surface area contributed by atoms with Crippen molar-refractivity contribution in [2.45, 2.75) is 115 Å². The van der Waals surface area contributed by atoms with E-state index < -0.39 is 24.3 Å². The van der Waals surface area contributed by atoms with Gasteiger partial charge in [-0.25, -0.2) is 19.6 Å². The first-order valence-corrected chi connectivity index (χ1v) is 23.2. The zero-order valence-electron chi connectivity index (χ0n) is 37.6. The predicted molar refractivity (Wildman–Crippen MR) is 242 cm³/mol. The topological polar surface area (TPSA) is 193 Å². The minimum atomic E-state index is -0.719. The third kappa shape index (κ3) is 7.72. The zero-order chi connectivity index (χ0) is 45.1. The van der Waals surface area contributed by atoms with Crippen LogP contribution in [0.4, 0.5) is 9.59 Å². The number of likely N-dealkylation sites (tertiary alicyclic amines) is 2. The maximum Gasteiger partial charge on any atom is 0.407 e. The fraction of sp³-hybridized carbons (Fsp3) is 0.510. The van der Waals surface area contributed by atoms with E-state index in [0.29, 0.717) is 44.4 Å². The molecule has 1 aliphatic carbocycles. The molecule has 7 atom stereocenters. The first-order chi connectivity index (χ1) is 31.5. The summed E-state index contributed by atoms with van der Waals surface area (Å²) in [6, 6.07) is 12.9. The number of hydrogen-bond donors (Lipinski definition) is 4. The van der Waals surface area contributed by atoms with Gasteiger partial charge in [-0.1, -0.05) is 38.5 Å². The summed E-state index contributed by atoms with van der Waals surface area (Å²) in [5.74, 6) is 2.23. The molecule has 10 rings (SSSR count). The Bertz CT molecular complexity index is 2650. The number of benzene rings is 3. The van der Waals surface area contributed by atoms with Gasteiger partial charge in [0.25, 0.3) is 0 Å². The van der Waals surface area contributed by atoms with E-state index in [-0.39, 0.29) is 47.8 Å². The fourth-order valence-electron chi connectivity index (χ4n) is 11.4. The Hall–Kier alpha value is -6.16. The van der Waals surface area contributed by atoms with Gasteiger partial charge < -0.3 is 49.3 Å². The minimum Gasteiger partial charge on any atom is -0.488 e. The first kappa shape index (κ1) is 42.8. The van der Waals surface area contributed by atoms with Crippen molar-refractivity contribution in [1.29, 1.82) is 0 Å². The summed E-state index contributed by atoms with van der Waals surface area (Å²) in [5, 5.41) is 7.67. The third-order valence-corrected chi connectivity index (χ3v) is 14.8. The van der Waals surface area contributed by atoms with Crippen molar-refractivity contribution in [2.24, 2.45) is 17.8 Å². The zero-order valence-corrected chi connectivity index (χ0v) is 37.6. The number of carbonyl (C=O) groups excluding carboxylic acids is 4. The number of alkyl carbamates (subject to hydrolysis) is 2. The Kier molecular flexibility index (Phi) is 11.4. The molecule has 1 unspecified atom stereocenters. The molecule has 342 valence electrons. The van der Waals surface area contributed by atoms with Crippen molar-refractivity contribution in [3.8, 4) is 28.1 Å². The van der Waals surface area contributed by atoms with Gasteiger partial charge in [-0.15, -0.1) is 0 Å². The molecule has 5 aliphatic rings. The Balaban J connectivity index is 0.913. The summed E-state index contributed by atoms with van der Waals surface area (Å²) in [7, 11) is 2.63. The second-order valence-corrected chi connectivity index (χ2v) is 18.9. The molecule has 5 aromatic rings. The molecule has 4 N–H and O–H groups in total. The van der Waals surface area contributed by atoms with Crippen LogP contribution in [0.1, 0.15) is 101 Å². The van der Waals surface area contributed by atoms with Crippen molar-refractivity contribution >= 4 is 45.8 Å². The highest BCUT2D eigenvalue weighted by Crippen LogP contribution is 2.49. The Morgan fingerprint density at radius 3 is 2.42 bits per heavy atom. The van der Waals surface area contributed by atoms with Crippen LogP contribution in [0.15, 0.2) is 48.7 Å². The van der Waals surface area contributed by atoms with E-state index >= 15 is 0 Å². The molecule has 1 saturated carbocycles. The highest BCUT2D eigenvalue weighted by atomic mass is 16.5. The lowest BCUT2D eigenvalue weighted by Gasteiger charge is -2.36. The minimum absolute atomic E-state index is 0.0169. The molecule has 16 nitrogen and oxygen atoms in total. The van der Waals surface area contributed by atoms with E-state index in [9.17, 15) is 19.2 Å². The van der Waals surface area contributed by atoms with Gasteiger partial charge in [0.15, 0.2) is 0 Å². The van der Waals surface area contributed by atoms with Gasteiger partial charge in [0.2, 0.25) is 11.8 Å². The van der Waals surface area contributed by atoms with Gasteiger partial charge in [0, 0.05) is 36.2 Å². The Morgan fingerprint density at radius 1 is 0.831 bits per heavy atom. The largest absolute Gasteiger partial charge is 0.488 e. The highest BCUT2D eigenvalue weighted by Gasteiger charge is 2.50. The number of nitrogens with zero attached hydrogens (tertiary/aromatic N) is 4. The second-order valence-electron chi connectivity index (χ2n) is 18.9. The van der Waals surface area contributed by atoms with E-state index in [1.54, 1.807) is 0 Å². The molecular weight excluding hydrogens is 829 g/mol. The monoisotopic (exact) mass is 886 g/mol. The number of imidazole rings is 2. The smallest absolute Gasteiger partial charge is 0.407 e. The number of ether oxygens (including phenoxy) is 4. The second kappa shape index (κ2) is 17.3. The van der Waals surface area contributed by atoms with Gasteiger partial charge in [-0.05, 0) is 116 Å². The van der Waals surface area contributed by atoms with Crippen LogP contribution in [0.3, 0.4) is 0 Å². The number of fused-ring (bicyclic) bond motifs is 7. The van der Waals surface area contributed by atoms with Gasteiger partial charge in [-0.2, -0.15) is 0 Å². The van der Waals surface area contributed by atoms with Crippen LogP contribution in [0, 0.1) is 17.8 Å². The van der Waals surface area contributed by atoms with Crippen LogP contribution in [0.2, 0.25) is 0 Å². The number of nitrogens with one attached hydrogen (secondary N) is 4. The van der Waals surface area contributed by atoms with Gasteiger partial charge in [0.05, 0.1) is 49.2 Å². The molecule has 65 heavy (non-hydrogen) atoms. The first-order valence-electron chi connectivity index (χ1n) is 23.2. The number of rotatable bonds is 9. The van der Waals surface area contributed by atoms with Crippen molar-refractivity contribution in [1.82, 2.24) is 40.4 Å². The molecule has 4 amide bonds. The molecule has 4 fully saturated rings. The van der Waals surface area contributed by atoms with E-state index in [1.807, 2.05) is 42.8 Å². The van der Waals surface area contributed by atoms with E-state index in [2.05, 4.69) is 57.0 Å². The van der Waals surface area contributed by atoms with Crippen LogP contribution in [0.25, 0.3) is 44.2 Å². The molecule has 3 aromatic carbocycles. The van der Waals surface area contributed by atoms with Crippen molar-refractivity contribution in [2.75, 3.05) is 27.4 Å². The number of amides is 4. The van der Waals surface area contributed by atoms with Crippen LogP contribution in [-0.2, 0) is 30.4 Å². The van der Waals surface area contributed by atoms with Gasteiger partial charge in [-0.3, -0.25) is 9.59 Å². The van der Waals surface area contributed by atoms with Crippen molar-refractivity contribution in [3.05, 3.63) is 65.9 Å². The maximum atomic E-state index is 14.7. The van der Waals surface area contributed by atoms with Crippen LogP contribution in [-0.4, -0.2) is 105 Å². The van der Waals surface area contributed by atoms with E-state index in [4.69, 9.17) is 28.9 Å². The summed E-state index contributed by atoms with van der Waals surface area (Å²) in [5.41, 5.74) is 6.66. The van der Waals surface area contributed by atoms with Gasteiger partial charge >= 0.3 is 12.2 Å². The SMILES string of the molecule is COC(=O)NC(C(=O)N1[C@@H](C)CC[C@H]1c1ncc(-c2ccc3c(c2)COc2cc4c(ccc5nc([C@@H]6C[C@@H]7CCC[C@@H]7N6C(=O)[C@@H](NC(=O)OC)C6CCOCC6)[nH]c54)cc2-3)[nH]1)C(C)C. The summed E-state index contributed by atoms with van der Waals surface area (Å²) < 4.78 is 21.9. The number of methoxy groups -OCH3 is 2. The van der Waals surface area contributed by atoms with E-state index in [0.717, 1.165) is 99.9 Å². The number of H-pyrrole nitrogens is 2. The number of carbonyl (C=O) groups is 4. The molecule has 0 bridgehead atoms. The summed E-state index contributed by atoms with van der Waals surface area (Å²) in [6.45, 7) is 7.35. The van der Waals surface area contributed by atoms with Gasteiger partial charge in [0.1, 0.15) is 36.1 Å². The van der Waals surface area contributed by atoms with Crippen LogP contribution < -0.4 is 15.4 Å². The van der Waals surface area contributed by atoms with Crippen LogP contribution >= 0.6 is 0 Å². The average molecular weight is 887 g/mol. The number of hydrogen-bond acceptors (Lipinski definition) is 10. The van der Waals surface area contributed by atoms with E-state index in [1.165, 1.54) is 14.2 Å². The fourth-order valence-corrected chi connectivity index (χ4v) is 11.4. The van der Waals surface area contributed by atoms with Crippen LogP contribution in [0.5, 0.6) is 5.75 Å². The molecule has 0 spiro atoms. The quantitative estimate of drug-likeness (QED) is 0.114. The molecule has 16 heteroatoms. The van der Waals surface area contributed by atoms with Crippen molar-refractivity contribution < 1.29 is 38.1 Å².